The van der Waals surface area contributed by atoms with Gasteiger partial charge >= 0.3 is 0 Å². The van der Waals surface area contributed by atoms with E-state index in [0.29, 0.717) is 37.5 Å². The predicted molar refractivity (Wildman–Crippen MR) is 87.4 cm³/mol. The first-order chi connectivity index (χ1) is 11.1. The van der Waals surface area contributed by atoms with Crippen LogP contribution in [0.15, 0.2) is 24.3 Å². The van der Waals surface area contributed by atoms with Gasteiger partial charge in [0.05, 0.1) is 18.3 Å². The lowest BCUT2D eigenvalue weighted by atomic mass is 9.99. The molecule has 2 amide bonds. The molecule has 1 saturated heterocycles. The molecule has 6 heteroatoms. The number of para-hydroxylation sites is 2. The second kappa shape index (κ2) is 8.53. The van der Waals surface area contributed by atoms with E-state index in [0.717, 1.165) is 0 Å². The number of carbonyl (C=O) groups excluding carboxylic acids is 2. The van der Waals surface area contributed by atoms with Gasteiger partial charge in [0.1, 0.15) is 5.75 Å². The molecule has 2 rings (SSSR count). The van der Waals surface area contributed by atoms with Gasteiger partial charge in [0, 0.05) is 19.1 Å². The van der Waals surface area contributed by atoms with Gasteiger partial charge < -0.3 is 20.1 Å². The molecule has 23 heavy (non-hydrogen) atoms. The second-order valence-electron chi connectivity index (χ2n) is 5.82. The zero-order chi connectivity index (χ0) is 16.7. The van der Waals surface area contributed by atoms with Crippen molar-refractivity contribution in [2.24, 2.45) is 5.92 Å². The van der Waals surface area contributed by atoms with Gasteiger partial charge in [0.2, 0.25) is 11.8 Å². The van der Waals surface area contributed by atoms with Crippen molar-refractivity contribution >= 4 is 17.5 Å². The summed E-state index contributed by atoms with van der Waals surface area (Å²) in [6.45, 7) is 5.00. The summed E-state index contributed by atoms with van der Waals surface area (Å²) in [6, 6.07) is 7.25. The summed E-state index contributed by atoms with van der Waals surface area (Å²) >= 11 is 0. The lowest BCUT2D eigenvalue weighted by Gasteiger charge is -2.21. The minimum Gasteiger partial charge on any atom is -0.489 e. The number of ether oxygens (including phenoxy) is 2. The number of hydrogen-bond acceptors (Lipinski definition) is 4. The van der Waals surface area contributed by atoms with Crippen molar-refractivity contribution in [2.45, 2.75) is 32.8 Å². The minimum absolute atomic E-state index is 0.0151. The van der Waals surface area contributed by atoms with E-state index in [1.165, 1.54) is 0 Å². The lowest BCUT2D eigenvalue weighted by Crippen LogP contribution is -2.38. The van der Waals surface area contributed by atoms with Crippen LogP contribution in [-0.4, -0.2) is 37.7 Å². The summed E-state index contributed by atoms with van der Waals surface area (Å²) in [4.78, 5) is 24.0. The fraction of sp³-hybridized carbons (Fsp3) is 0.529. The van der Waals surface area contributed by atoms with Crippen molar-refractivity contribution in [2.75, 3.05) is 25.1 Å². The van der Waals surface area contributed by atoms with Crippen LogP contribution >= 0.6 is 0 Å². The van der Waals surface area contributed by atoms with Crippen LogP contribution in [0.5, 0.6) is 5.75 Å². The standard InChI is InChI=1S/C17H24N2O4/c1-12(2)23-15-6-4-3-5-14(15)19-16(20)11-18-17(21)13-7-9-22-10-8-13/h3-6,12-13H,7-11H2,1-2H3,(H,18,21)(H,19,20). The molecule has 6 nitrogen and oxygen atoms in total. The molecule has 126 valence electrons. The third-order valence-corrected chi connectivity index (χ3v) is 3.54. The monoisotopic (exact) mass is 320 g/mol. The fourth-order valence-electron chi connectivity index (χ4n) is 2.39. The van der Waals surface area contributed by atoms with Crippen LogP contribution in [0.1, 0.15) is 26.7 Å². The van der Waals surface area contributed by atoms with Crippen molar-refractivity contribution in [1.29, 1.82) is 0 Å². The van der Waals surface area contributed by atoms with E-state index in [1.54, 1.807) is 12.1 Å². The van der Waals surface area contributed by atoms with Crippen LogP contribution in [0.2, 0.25) is 0 Å². The number of hydrogen-bond donors (Lipinski definition) is 2. The highest BCUT2D eigenvalue weighted by molar-refractivity contribution is 5.95. The van der Waals surface area contributed by atoms with E-state index in [2.05, 4.69) is 10.6 Å². The smallest absolute Gasteiger partial charge is 0.243 e. The predicted octanol–water partition coefficient (Wildman–Crippen LogP) is 1.96. The Labute approximate surface area is 136 Å². The molecule has 0 spiro atoms. The summed E-state index contributed by atoms with van der Waals surface area (Å²) in [5, 5.41) is 5.46. The van der Waals surface area contributed by atoms with Gasteiger partial charge in [-0.05, 0) is 38.8 Å². The van der Waals surface area contributed by atoms with Gasteiger partial charge in [-0.3, -0.25) is 9.59 Å². The zero-order valence-electron chi connectivity index (χ0n) is 13.6. The van der Waals surface area contributed by atoms with Gasteiger partial charge in [-0.25, -0.2) is 0 Å². The molecule has 0 bridgehead atoms. The molecule has 1 fully saturated rings. The highest BCUT2D eigenvalue weighted by Crippen LogP contribution is 2.24. The SMILES string of the molecule is CC(C)Oc1ccccc1NC(=O)CNC(=O)C1CCOCC1. The molecule has 0 aromatic heterocycles. The van der Waals surface area contributed by atoms with Crippen LogP contribution in [0.3, 0.4) is 0 Å². The summed E-state index contributed by atoms with van der Waals surface area (Å²) in [5.74, 6) is 0.195. The minimum atomic E-state index is -0.273. The number of anilines is 1. The second-order valence-corrected chi connectivity index (χ2v) is 5.82. The molecular formula is C17H24N2O4. The molecule has 0 unspecified atom stereocenters. The molecule has 0 aliphatic carbocycles. The summed E-state index contributed by atoms with van der Waals surface area (Å²) in [6.07, 6.45) is 1.43. The number of carbonyl (C=O) groups is 2. The lowest BCUT2D eigenvalue weighted by molar-refractivity contribution is -0.129. The van der Waals surface area contributed by atoms with Crippen LogP contribution < -0.4 is 15.4 Å². The Balaban J connectivity index is 1.84. The third kappa shape index (κ3) is 5.56. The fourth-order valence-corrected chi connectivity index (χ4v) is 2.39. The number of amides is 2. The molecule has 1 aromatic rings. The topological polar surface area (TPSA) is 76.7 Å². The van der Waals surface area contributed by atoms with E-state index in [1.807, 2.05) is 26.0 Å². The Hall–Kier alpha value is -2.08. The Morgan fingerprint density at radius 1 is 1.26 bits per heavy atom. The van der Waals surface area contributed by atoms with Crippen molar-refractivity contribution in [1.82, 2.24) is 5.32 Å². The normalized spacial score (nSPS) is 15.3. The van der Waals surface area contributed by atoms with Crippen molar-refractivity contribution in [3.8, 4) is 5.75 Å². The molecule has 0 atom stereocenters. The summed E-state index contributed by atoms with van der Waals surface area (Å²) < 4.78 is 10.9. The summed E-state index contributed by atoms with van der Waals surface area (Å²) in [5.41, 5.74) is 0.603. The highest BCUT2D eigenvalue weighted by Gasteiger charge is 2.21. The quantitative estimate of drug-likeness (QED) is 0.840. The van der Waals surface area contributed by atoms with Crippen LogP contribution in [0.4, 0.5) is 5.69 Å². The summed E-state index contributed by atoms with van der Waals surface area (Å²) in [7, 11) is 0. The van der Waals surface area contributed by atoms with Crippen molar-refractivity contribution in [3.05, 3.63) is 24.3 Å². The Morgan fingerprint density at radius 2 is 1.96 bits per heavy atom. The maximum absolute atomic E-state index is 12.0. The molecule has 1 aromatic carbocycles. The van der Waals surface area contributed by atoms with Crippen molar-refractivity contribution in [3.63, 3.8) is 0 Å². The highest BCUT2D eigenvalue weighted by atomic mass is 16.5. The Kier molecular flexibility index (Phi) is 6.40. The Bertz CT molecular complexity index is 539. The molecule has 1 aliphatic rings. The zero-order valence-corrected chi connectivity index (χ0v) is 13.6. The molecule has 0 saturated carbocycles. The maximum Gasteiger partial charge on any atom is 0.243 e. The van der Waals surface area contributed by atoms with Gasteiger partial charge in [-0.15, -0.1) is 0 Å². The molecule has 2 N–H and O–H groups in total. The van der Waals surface area contributed by atoms with Crippen molar-refractivity contribution < 1.29 is 19.1 Å². The largest absolute Gasteiger partial charge is 0.489 e. The molecule has 1 aliphatic heterocycles. The van der Waals surface area contributed by atoms with Gasteiger partial charge in [0.25, 0.3) is 0 Å². The molecule has 0 radical (unpaired) electrons. The Morgan fingerprint density at radius 3 is 2.65 bits per heavy atom. The van der Waals surface area contributed by atoms with E-state index < -0.39 is 0 Å². The van der Waals surface area contributed by atoms with Gasteiger partial charge in [-0.1, -0.05) is 12.1 Å². The van der Waals surface area contributed by atoms with Crippen LogP contribution in [0.25, 0.3) is 0 Å². The van der Waals surface area contributed by atoms with E-state index in [4.69, 9.17) is 9.47 Å². The first-order valence-corrected chi connectivity index (χ1v) is 7.97. The maximum atomic E-state index is 12.0. The average Bonchev–Trinajstić information content (AvgIpc) is 2.55. The average molecular weight is 320 g/mol. The van der Waals surface area contributed by atoms with Gasteiger partial charge in [0.15, 0.2) is 0 Å². The third-order valence-electron chi connectivity index (χ3n) is 3.54. The van der Waals surface area contributed by atoms with E-state index in [9.17, 15) is 9.59 Å². The van der Waals surface area contributed by atoms with Gasteiger partial charge in [-0.2, -0.15) is 0 Å². The van der Waals surface area contributed by atoms with E-state index in [-0.39, 0.29) is 30.4 Å². The number of rotatable bonds is 6. The van der Waals surface area contributed by atoms with Crippen LogP contribution in [-0.2, 0) is 14.3 Å². The molecular weight excluding hydrogens is 296 g/mol. The first kappa shape index (κ1) is 17.3. The first-order valence-electron chi connectivity index (χ1n) is 7.97. The van der Waals surface area contributed by atoms with Crippen LogP contribution in [0, 0.1) is 5.92 Å². The molecule has 1 heterocycles. The number of nitrogens with one attached hydrogen (secondary N) is 2. The van der Waals surface area contributed by atoms with E-state index >= 15 is 0 Å². The number of benzene rings is 1.